The molecule has 8 heterocycles. The van der Waals surface area contributed by atoms with Crippen molar-refractivity contribution in [2.75, 3.05) is 13.2 Å². The Morgan fingerprint density at radius 2 is 1.98 bits per heavy atom. The zero-order valence-corrected chi connectivity index (χ0v) is 26.2. The van der Waals surface area contributed by atoms with Crippen molar-refractivity contribution in [1.82, 2.24) is 29.6 Å². The van der Waals surface area contributed by atoms with E-state index in [-0.39, 0.29) is 35.4 Å². The van der Waals surface area contributed by atoms with E-state index in [9.17, 15) is 14.0 Å². The number of ether oxygens (including phenoxy) is 1. The average Bonchev–Trinajstić information content (AvgIpc) is 3.91. The van der Waals surface area contributed by atoms with Crippen LogP contribution in [-0.4, -0.2) is 54.8 Å². The Bertz CT molecular complexity index is 2210. The van der Waals surface area contributed by atoms with Crippen LogP contribution in [0.1, 0.15) is 83.9 Å². The molecule has 1 amide bonds. The maximum atomic E-state index is 14.8. The molecular weight excluding hydrogens is 613 g/mol. The van der Waals surface area contributed by atoms with Gasteiger partial charge in [-0.3, -0.25) is 9.78 Å². The number of rotatable bonds is 7. The van der Waals surface area contributed by atoms with Gasteiger partial charge in [-0.2, -0.15) is 5.26 Å². The van der Waals surface area contributed by atoms with Crippen LogP contribution in [0.5, 0.6) is 0 Å². The molecule has 0 unspecified atom stereocenters. The Morgan fingerprint density at radius 1 is 1.10 bits per heavy atom. The largest absolute Gasteiger partial charge is 0.434 e. The Labute approximate surface area is 274 Å². The van der Waals surface area contributed by atoms with Gasteiger partial charge in [0.05, 0.1) is 59.4 Å². The van der Waals surface area contributed by atoms with Crippen LogP contribution in [0.3, 0.4) is 0 Å². The van der Waals surface area contributed by atoms with Crippen LogP contribution in [0.4, 0.5) is 4.39 Å². The molecular formula is C36H32FN7O4. The lowest BCUT2D eigenvalue weighted by atomic mass is 9.68. The minimum atomic E-state index is -0.687. The molecule has 5 aromatic rings. The predicted octanol–water partition coefficient (Wildman–Crippen LogP) is 5.68. The van der Waals surface area contributed by atoms with E-state index < -0.39 is 11.6 Å². The number of aromatic nitrogens is 5. The second kappa shape index (κ2) is 11.0. The summed E-state index contributed by atoms with van der Waals surface area (Å²) in [4.78, 5) is 38.4. The highest BCUT2D eigenvalue weighted by molar-refractivity contribution is 6.08. The molecule has 4 aromatic heterocycles. The maximum Gasteiger partial charge on any atom is 0.434 e. The Balaban J connectivity index is 1.18. The normalized spacial score (nSPS) is 22.8. The quantitative estimate of drug-likeness (QED) is 0.238. The van der Waals surface area contributed by atoms with Gasteiger partial charge in [0.2, 0.25) is 0 Å². The Hall–Kier alpha value is -5.15. The number of hydrogen-bond donors (Lipinski definition) is 1. The molecule has 2 bridgehead atoms. The van der Waals surface area contributed by atoms with Crippen molar-refractivity contribution in [3.8, 4) is 28.7 Å². The van der Waals surface area contributed by atoms with Gasteiger partial charge in [-0.25, -0.2) is 19.3 Å². The number of nitrogens with zero attached hydrogens (tertiary/aromatic N) is 6. The second-order valence-electron chi connectivity index (χ2n) is 13.7. The molecule has 1 N–H and O–H groups in total. The van der Waals surface area contributed by atoms with Gasteiger partial charge in [0.25, 0.3) is 11.8 Å². The van der Waals surface area contributed by atoms with E-state index in [1.807, 2.05) is 33.9 Å². The van der Waals surface area contributed by atoms with Crippen LogP contribution in [0.2, 0.25) is 0 Å². The molecule has 4 aliphatic heterocycles. The van der Waals surface area contributed by atoms with Crippen molar-refractivity contribution in [2.24, 2.45) is 5.41 Å². The molecule has 1 atom stereocenters. The first kappa shape index (κ1) is 29.0. The van der Waals surface area contributed by atoms with Gasteiger partial charge < -0.3 is 18.6 Å². The minimum absolute atomic E-state index is 0.0757. The number of aryl methyl sites for hydroxylation is 1. The molecule has 1 saturated carbocycles. The summed E-state index contributed by atoms with van der Waals surface area (Å²) in [6.07, 6.45) is 11.5. The molecule has 1 aromatic carbocycles. The summed E-state index contributed by atoms with van der Waals surface area (Å²) in [6, 6.07) is 10.2. The number of pyridine rings is 2. The minimum Gasteiger partial charge on any atom is -0.388 e. The molecule has 5 aliphatic rings. The van der Waals surface area contributed by atoms with Gasteiger partial charge in [0.1, 0.15) is 11.5 Å². The predicted molar refractivity (Wildman–Crippen MR) is 171 cm³/mol. The lowest BCUT2D eigenvalue weighted by molar-refractivity contribution is -0.117. The van der Waals surface area contributed by atoms with Crippen molar-refractivity contribution in [3.05, 3.63) is 87.2 Å². The molecule has 242 valence electrons. The van der Waals surface area contributed by atoms with E-state index in [2.05, 4.69) is 10.2 Å². The number of amides is 1. The fraction of sp³-hybridized carbons (Fsp3) is 0.389. The highest BCUT2D eigenvalue weighted by Gasteiger charge is 2.46. The Morgan fingerprint density at radius 3 is 2.73 bits per heavy atom. The van der Waals surface area contributed by atoms with Crippen molar-refractivity contribution in [2.45, 2.75) is 70.1 Å². The van der Waals surface area contributed by atoms with E-state index in [1.165, 1.54) is 6.07 Å². The maximum absolute atomic E-state index is 14.8. The summed E-state index contributed by atoms with van der Waals surface area (Å²) in [5, 5.41) is 16.6. The van der Waals surface area contributed by atoms with Crippen molar-refractivity contribution in [3.63, 3.8) is 0 Å². The van der Waals surface area contributed by atoms with E-state index in [1.54, 1.807) is 18.3 Å². The highest BCUT2D eigenvalue weighted by atomic mass is 19.1. The molecule has 0 radical (unpaired) electrons. The lowest BCUT2D eigenvalue weighted by Gasteiger charge is -2.46. The fourth-order valence-corrected chi connectivity index (χ4v) is 8.37. The van der Waals surface area contributed by atoms with Gasteiger partial charge >= 0.3 is 5.76 Å². The molecule has 4 fully saturated rings. The number of benzene rings is 1. The summed E-state index contributed by atoms with van der Waals surface area (Å²) in [6.45, 7) is 1.63. The SMILES string of the molecule is N#Cc1ccc(Cn2ccc3cc(-c4c5c(nc(CCC67CCC(CC6)OC7)c4-c4n[nH]c(=O)o4)[C@H]4CCCN4C5=O)cnc32)c(F)c1. The molecule has 48 heavy (non-hydrogen) atoms. The van der Waals surface area contributed by atoms with E-state index in [4.69, 9.17) is 24.4 Å². The van der Waals surface area contributed by atoms with Crippen LogP contribution in [0, 0.1) is 22.6 Å². The highest BCUT2D eigenvalue weighted by Crippen LogP contribution is 2.50. The van der Waals surface area contributed by atoms with Crippen molar-refractivity contribution < 1.29 is 18.3 Å². The third kappa shape index (κ3) is 4.59. The summed E-state index contributed by atoms with van der Waals surface area (Å²) >= 11 is 0. The monoisotopic (exact) mass is 645 g/mol. The summed E-state index contributed by atoms with van der Waals surface area (Å²) < 4.78 is 28.4. The molecule has 10 rings (SSSR count). The van der Waals surface area contributed by atoms with Crippen molar-refractivity contribution in [1.29, 1.82) is 5.26 Å². The van der Waals surface area contributed by atoms with Gasteiger partial charge in [-0.05, 0) is 81.0 Å². The fourth-order valence-electron chi connectivity index (χ4n) is 8.37. The first-order chi connectivity index (χ1) is 23.4. The van der Waals surface area contributed by atoms with Gasteiger partial charge in [0.15, 0.2) is 0 Å². The molecule has 3 saturated heterocycles. The number of H-pyrrole nitrogens is 1. The van der Waals surface area contributed by atoms with Crippen LogP contribution < -0.4 is 5.76 Å². The van der Waals surface area contributed by atoms with Crippen LogP contribution in [0.25, 0.3) is 33.6 Å². The van der Waals surface area contributed by atoms with Crippen LogP contribution in [0.15, 0.2) is 51.9 Å². The van der Waals surface area contributed by atoms with E-state index in [0.717, 1.165) is 68.3 Å². The van der Waals surface area contributed by atoms with Gasteiger partial charge in [-0.15, -0.1) is 5.10 Å². The topological polar surface area (TPSA) is 143 Å². The van der Waals surface area contributed by atoms with E-state index >= 15 is 0 Å². The van der Waals surface area contributed by atoms with Crippen molar-refractivity contribution >= 4 is 16.9 Å². The molecule has 1 aliphatic carbocycles. The standard InChI is InChI=1S/C36H32FN7O4/c37-25-14-20(16-38)3-4-22(25)18-43-13-8-21-15-23(17-39-32(21)43)28-29(33-41-42-35(46)48-33)26(7-11-36-9-5-24(6-10-36)47-19-36)40-31-27-2-1-12-44(27)34(45)30(28)31/h3-4,8,13-15,17,24,27H,1-2,5-7,9-12,18-19H2,(H,42,46)/t24?,27-,36?/m1/s1. The van der Waals surface area contributed by atoms with Crippen LogP contribution in [-0.2, 0) is 17.7 Å². The smallest absolute Gasteiger partial charge is 0.388 e. The second-order valence-corrected chi connectivity index (χ2v) is 13.7. The number of fused-ring (bicyclic) bond motifs is 7. The number of aromatic amines is 1. The zero-order chi connectivity index (χ0) is 32.6. The molecule has 0 spiro atoms. The number of nitriles is 1. The Kier molecular flexibility index (Phi) is 6.62. The van der Waals surface area contributed by atoms with Crippen LogP contribution >= 0.6 is 0 Å². The number of nitrogens with one attached hydrogen (secondary N) is 1. The molecule has 12 heteroatoms. The van der Waals surface area contributed by atoms with E-state index in [0.29, 0.717) is 52.5 Å². The number of carbonyl (C=O) groups excluding carboxylic acids is 1. The number of carbonyl (C=O) groups is 1. The first-order valence-electron chi connectivity index (χ1n) is 16.6. The average molecular weight is 646 g/mol. The summed E-state index contributed by atoms with van der Waals surface area (Å²) in [5.74, 6) is -1.14. The third-order valence-corrected chi connectivity index (χ3v) is 10.9. The third-order valence-electron chi connectivity index (χ3n) is 10.9. The first-order valence-corrected chi connectivity index (χ1v) is 16.6. The number of hydrogen-bond acceptors (Lipinski definition) is 8. The zero-order valence-electron chi connectivity index (χ0n) is 26.2. The summed E-state index contributed by atoms with van der Waals surface area (Å²) in [5.41, 5.74) is 5.26. The molecule has 11 nitrogen and oxygen atoms in total. The van der Waals surface area contributed by atoms with Gasteiger partial charge in [-0.1, -0.05) is 6.07 Å². The van der Waals surface area contributed by atoms with Gasteiger partial charge in [0, 0.05) is 41.0 Å². The number of halogens is 1. The lowest BCUT2D eigenvalue weighted by Crippen LogP contribution is -2.42. The summed E-state index contributed by atoms with van der Waals surface area (Å²) in [7, 11) is 0.